The van der Waals surface area contributed by atoms with Gasteiger partial charge in [0.1, 0.15) is 11.5 Å². The molecule has 0 bridgehead atoms. The van der Waals surface area contributed by atoms with Crippen molar-refractivity contribution in [2.75, 3.05) is 33.8 Å². The number of ether oxygens (including phenoxy) is 4. The van der Waals surface area contributed by atoms with Crippen molar-refractivity contribution >= 4 is 17.6 Å². The van der Waals surface area contributed by atoms with E-state index in [0.717, 1.165) is 20.3 Å². The van der Waals surface area contributed by atoms with Gasteiger partial charge in [-0.2, -0.15) is 0 Å². The standard InChI is InChI=1S/C15H18FNO6/c1-20-13(18)8-12(14(19)21-2)17-11-7-9(5-6-10(11)16)15(22-3)23-4/h5-8,15,17H,1-4H3/b12-8+. The summed E-state index contributed by atoms with van der Waals surface area (Å²) in [6.45, 7) is 0. The fraction of sp³-hybridized carbons (Fsp3) is 0.333. The lowest BCUT2D eigenvalue weighted by molar-refractivity contribution is -0.138. The van der Waals surface area contributed by atoms with Gasteiger partial charge in [-0.1, -0.05) is 6.07 Å². The van der Waals surface area contributed by atoms with Gasteiger partial charge >= 0.3 is 11.9 Å². The zero-order valence-electron chi connectivity index (χ0n) is 13.2. The van der Waals surface area contributed by atoms with Crippen LogP contribution < -0.4 is 5.32 Å². The maximum atomic E-state index is 13.9. The summed E-state index contributed by atoms with van der Waals surface area (Å²) in [6.07, 6.45) is 0.157. The van der Waals surface area contributed by atoms with Crippen molar-refractivity contribution in [1.82, 2.24) is 0 Å². The van der Waals surface area contributed by atoms with Crippen LogP contribution in [0.1, 0.15) is 11.9 Å². The summed E-state index contributed by atoms with van der Waals surface area (Å²) in [5, 5.41) is 2.51. The maximum absolute atomic E-state index is 13.9. The van der Waals surface area contributed by atoms with Crippen molar-refractivity contribution in [3.05, 3.63) is 41.4 Å². The molecule has 0 fully saturated rings. The highest BCUT2D eigenvalue weighted by atomic mass is 19.1. The van der Waals surface area contributed by atoms with Gasteiger partial charge in [-0.25, -0.2) is 14.0 Å². The van der Waals surface area contributed by atoms with Crippen molar-refractivity contribution in [1.29, 1.82) is 0 Å². The van der Waals surface area contributed by atoms with Crippen molar-refractivity contribution in [3.63, 3.8) is 0 Å². The molecule has 0 unspecified atom stereocenters. The molecule has 1 N–H and O–H groups in total. The lowest BCUT2D eigenvalue weighted by Crippen LogP contribution is -2.16. The number of benzene rings is 1. The predicted molar refractivity (Wildman–Crippen MR) is 78.9 cm³/mol. The number of halogens is 1. The van der Waals surface area contributed by atoms with Crippen LogP contribution in [0.15, 0.2) is 30.0 Å². The highest BCUT2D eigenvalue weighted by Crippen LogP contribution is 2.24. The van der Waals surface area contributed by atoms with Crippen LogP contribution in [-0.2, 0) is 28.5 Å². The monoisotopic (exact) mass is 327 g/mol. The van der Waals surface area contributed by atoms with E-state index in [9.17, 15) is 14.0 Å². The molecule has 0 atom stereocenters. The molecule has 0 aliphatic rings. The number of hydrogen-bond acceptors (Lipinski definition) is 7. The summed E-state index contributed by atoms with van der Waals surface area (Å²) in [5.74, 6) is -2.28. The van der Waals surface area contributed by atoms with Gasteiger partial charge in [0.05, 0.1) is 26.0 Å². The highest BCUT2D eigenvalue weighted by molar-refractivity contribution is 5.98. The second-order valence-electron chi connectivity index (χ2n) is 4.24. The molecule has 0 aliphatic carbocycles. The Labute approximate surface area is 133 Å². The molecule has 0 aliphatic heterocycles. The second kappa shape index (κ2) is 8.86. The van der Waals surface area contributed by atoms with Gasteiger partial charge in [-0.15, -0.1) is 0 Å². The molecule has 0 saturated carbocycles. The van der Waals surface area contributed by atoms with Gasteiger partial charge in [-0.3, -0.25) is 0 Å². The SMILES string of the molecule is COC(=O)/C=C(/Nc1cc(C(OC)OC)ccc1F)C(=O)OC. The number of hydrogen-bond donors (Lipinski definition) is 1. The number of esters is 2. The molecule has 7 nitrogen and oxygen atoms in total. The molecular formula is C15H18FNO6. The molecule has 0 amide bonds. The zero-order chi connectivity index (χ0) is 17.4. The third-order valence-electron chi connectivity index (χ3n) is 2.83. The largest absolute Gasteiger partial charge is 0.466 e. The van der Waals surface area contributed by atoms with E-state index < -0.39 is 24.0 Å². The third-order valence-corrected chi connectivity index (χ3v) is 2.83. The lowest BCUT2D eigenvalue weighted by Gasteiger charge is -2.16. The Morgan fingerprint density at radius 3 is 2.30 bits per heavy atom. The molecule has 1 rings (SSSR count). The Morgan fingerprint density at radius 1 is 1.13 bits per heavy atom. The van der Waals surface area contributed by atoms with Crippen LogP contribution in [0.4, 0.5) is 10.1 Å². The Kier molecular flexibility index (Phi) is 7.17. The molecule has 23 heavy (non-hydrogen) atoms. The minimum absolute atomic E-state index is 0.0536. The van der Waals surface area contributed by atoms with Gasteiger partial charge in [0, 0.05) is 19.8 Å². The first kappa shape index (κ1) is 18.6. The van der Waals surface area contributed by atoms with Crippen LogP contribution in [0, 0.1) is 5.82 Å². The normalized spacial score (nSPS) is 11.3. The van der Waals surface area contributed by atoms with Crippen LogP contribution in [-0.4, -0.2) is 40.4 Å². The topological polar surface area (TPSA) is 83.1 Å². The average molecular weight is 327 g/mol. The van der Waals surface area contributed by atoms with Crippen molar-refractivity contribution in [2.45, 2.75) is 6.29 Å². The first-order valence-corrected chi connectivity index (χ1v) is 6.46. The van der Waals surface area contributed by atoms with E-state index in [1.807, 2.05) is 0 Å². The quantitative estimate of drug-likeness (QED) is 0.464. The minimum Gasteiger partial charge on any atom is -0.466 e. The molecule has 0 saturated heterocycles. The molecule has 0 spiro atoms. The molecule has 126 valence electrons. The highest BCUT2D eigenvalue weighted by Gasteiger charge is 2.17. The molecule has 8 heteroatoms. The van der Waals surface area contributed by atoms with E-state index in [2.05, 4.69) is 14.8 Å². The van der Waals surface area contributed by atoms with Crippen molar-refractivity contribution in [3.8, 4) is 0 Å². The van der Waals surface area contributed by atoms with Gasteiger partial charge in [0.15, 0.2) is 6.29 Å². The Hall–Kier alpha value is -2.45. The lowest BCUT2D eigenvalue weighted by atomic mass is 10.1. The van der Waals surface area contributed by atoms with Crippen molar-refractivity contribution in [2.24, 2.45) is 0 Å². The van der Waals surface area contributed by atoms with Crippen LogP contribution >= 0.6 is 0 Å². The summed E-state index contributed by atoms with van der Waals surface area (Å²) in [4.78, 5) is 23.0. The summed E-state index contributed by atoms with van der Waals surface area (Å²) < 4.78 is 33.1. The van der Waals surface area contributed by atoms with Crippen LogP contribution in [0.25, 0.3) is 0 Å². The van der Waals surface area contributed by atoms with Gasteiger partial charge in [-0.05, 0) is 12.1 Å². The second-order valence-corrected chi connectivity index (χ2v) is 4.24. The number of carbonyl (C=O) groups is 2. The number of methoxy groups -OCH3 is 4. The van der Waals surface area contributed by atoms with Crippen LogP contribution in [0.2, 0.25) is 0 Å². The number of nitrogens with one attached hydrogen (secondary N) is 1. The molecule has 0 heterocycles. The molecule has 0 aromatic heterocycles. The van der Waals surface area contributed by atoms with E-state index in [1.165, 1.54) is 32.4 Å². The summed E-state index contributed by atoms with van der Waals surface area (Å²) in [6, 6.07) is 4.04. The molecule has 1 aromatic rings. The van der Waals surface area contributed by atoms with E-state index in [1.54, 1.807) is 0 Å². The summed E-state index contributed by atoms with van der Waals surface area (Å²) in [7, 11) is 5.15. The first-order valence-electron chi connectivity index (χ1n) is 6.46. The van der Waals surface area contributed by atoms with E-state index in [0.29, 0.717) is 5.56 Å². The van der Waals surface area contributed by atoms with Gasteiger partial charge in [0.2, 0.25) is 0 Å². The third kappa shape index (κ3) is 5.04. The van der Waals surface area contributed by atoms with Crippen molar-refractivity contribution < 1.29 is 32.9 Å². The van der Waals surface area contributed by atoms with E-state index >= 15 is 0 Å². The fourth-order valence-corrected chi connectivity index (χ4v) is 1.73. The number of anilines is 1. The van der Waals surface area contributed by atoms with Gasteiger partial charge in [0.25, 0.3) is 0 Å². The van der Waals surface area contributed by atoms with Crippen LogP contribution in [0.3, 0.4) is 0 Å². The predicted octanol–water partition coefficient (Wildman–Crippen LogP) is 1.76. The van der Waals surface area contributed by atoms with E-state index in [4.69, 9.17) is 9.47 Å². The Morgan fingerprint density at radius 2 is 1.78 bits per heavy atom. The van der Waals surface area contributed by atoms with Gasteiger partial charge < -0.3 is 24.3 Å². The average Bonchev–Trinajstić information content (AvgIpc) is 2.56. The Bertz CT molecular complexity index is 598. The smallest absolute Gasteiger partial charge is 0.354 e. The maximum Gasteiger partial charge on any atom is 0.354 e. The number of carbonyl (C=O) groups excluding carboxylic acids is 2. The Balaban J connectivity index is 3.17. The number of rotatable bonds is 7. The van der Waals surface area contributed by atoms with Crippen LogP contribution in [0.5, 0.6) is 0 Å². The molecule has 0 radical (unpaired) electrons. The first-order chi connectivity index (χ1) is 11.0. The summed E-state index contributed by atoms with van der Waals surface area (Å²) in [5.41, 5.74) is 0.185. The summed E-state index contributed by atoms with van der Waals surface area (Å²) >= 11 is 0. The molecule has 1 aromatic carbocycles. The zero-order valence-corrected chi connectivity index (χ0v) is 13.2. The molecular weight excluding hydrogens is 309 g/mol. The minimum atomic E-state index is -0.852. The van der Waals surface area contributed by atoms with E-state index in [-0.39, 0.29) is 11.4 Å². The fourth-order valence-electron chi connectivity index (χ4n) is 1.73.